The number of aromatic nitrogens is 1. The number of benzene rings is 1. The minimum absolute atomic E-state index is 0.139. The molecule has 9 heteroatoms. The standard InChI is InChI=1S/C15H15Cl2N3O3S/c1-10(15(21)19-12-4-3-7-18-9-12)20(24(2,22)23)14-8-11(16)5-6-13(14)17/h3-10H,1-2H3,(H,19,21). The quantitative estimate of drug-likeness (QED) is 0.853. The number of nitrogens with zero attached hydrogens (tertiary/aromatic N) is 2. The van der Waals surface area contributed by atoms with Crippen LogP contribution in [0.2, 0.25) is 10.0 Å². The third-order valence-electron chi connectivity index (χ3n) is 3.16. The first-order valence-corrected chi connectivity index (χ1v) is 9.46. The lowest BCUT2D eigenvalue weighted by atomic mass is 10.2. The first kappa shape index (κ1) is 18.5. The summed E-state index contributed by atoms with van der Waals surface area (Å²) in [6.45, 7) is 1.46. The van der Waals surface area contributed by atoms with Crippen LogP contribution in [0.1, 0.15) is 6.92 Å². The fourth-order valence-corrected chi connectivity index (χ4v) is 3.72. The molecular weight excluding hydrogens is 373 g/mol. The van der Waals surface area contributed by atoms with Crippen molar-refractivity contribution < 1.29 is 13.2 Å². The molecule has 0 radical (unpaired) electrons. The molecule has 0 spiro atoms. The zero-order valence-electron chi connectivity index (χ0n) is 12.9. The number of rotatable bonds is 5. The summed E-state index contributed by atoms with van der Waals surface area (Å²) in [5, 5.41) is 3.09. The Labute approximate surface area is 150 Å². The van der Waals surface area contributed by atoms with Crippen LogP contribution in [0, 0.1) is 0 Å². The molecule has 0 aliphatic heterocycles. The summed E-state index contributed by atoms with van der Waals surface area (Å²) in [4.78, 5) is 16.3. The van der Waals surface area contributed by atoms with Crippen LogP contribution in [0.25, 0.3) is 0 Å². The van der Waals surface area contributed by atoms with Gasteiger partial charge in [-0.1, -0.05) is 23.2 Å². The highest BCUT2D eigenvalue weighted by Crippen LogP contribution is 2.32. The van der Waals surface area contributed by atoms with E-state index in [4.69, 9.17) is 23.2 Å². The first-order chi connectivity index (χ1) is 11.2. The van der Waals surface area contributed by atoms with Crippen molar-refractivity contribution in [2.75, 3.05) is 15.9 Å². The van der Waals surface area contributed by atoms with Gasteiger partial charge in [0.2, 0.25) is 15.9 Å². The molecule has 0 fully saturated rings. The molecule has 1 atom stereocenters. The van der Waals surface area contributed by atoms with Gasteiger partial charge in [-0.2, -0.15) is 0 Å². The van der Waals surface area contributed by atoms with Crippen LogP contribution >= 0.6 is 23.2 Å². The number of anilines is 2. The molecule has 0 aliphatic rings. The molecule has 2 rings (SSSR count). The van der Waals surface area contributed by atoms with E-state index in [1.807, 2.05) is 0 Å². The molecule has 24 heavy (non-hydrogen) atoms. The number of sulfonamides is 1. The molecule has 0 aliphatic carbocycles. The fourth-order valence-electron chi connectivity index (χ4n) is 2.12. The zero-order valence-corrected chi connectivity index (χ0v) is 15.2. The van der Waals surface area contributed by atoms with Crippen LogP contribution in [0.15, 0.2) is 42.7 Å². The van der Waals surface area contributed by atoms with Crippen molar-refractivity contribution in [1.82, 2.24) is 4.98 Å². The van der Waals surface area contributed by atoms with Crippen molar-refractivity contribution in [3.8, 4) is 0 Å². The van der Waals surface area contributed by atoms with E-state index in [-0.39, 0.29) is 10.7 Å². The largest absolute Gasteiger partial charge is 0.323 e. The molecule has 1 N–H and O–H groups in total. The molecular formula is C15H15Cl2N3O3S. The lowest BCUT2D eigenvalue weighted by molar-refractivity contribution is -0.116. The maximum absolute atomic E-state index is 12.4. The predicted molar refractivity (Wildman–Crippen MR) is 96.1 cm³/mol. The number of hydrogen-bond donors (Lipinski definition) is 1. The van der Waals surface area contributed by atoms with Crippen molar-refractivity contribution in [2.45, 2.75) is 13.0 Å². The van der Waals surface area contributed by atoms with E-state index in [1.54, 1.807) is 18.3 Å². The number of carbonyl (C=O) groups is 1. The van der Waals surface area contributed by atoms with Gasteiger partial charge in [-0.25, -0.2) is 8.42 Å². The second-order valence-corrected chi connectivity index (χ2v) is 7.76. The molecule has 1 aromatic carbocycles. The maximum atomic E-state index is 12.4. The van der Waals surface area contributed by atoms with Gasteiger partial charge in [0.05, 0.1) is 28.9 Å². The Morgan fingerprint density at radius 3 is 2.58 bits per heavy atom. The summed E-state index contributed by atoms with van der Waals surface area (Å²) in [6.07, 6.45) is 4.02. The third kappa shape index (κ3) is 4.37. The molecule has 6 nitrogen and oxygen atoms in total. The van der Waals surface area contributed by atoms with Gasteiger partial charge in [0.25, 0.3) is 0 Å². The smallest absolute Gasteiger partial charge is 0.248 e. The van der Waals surface area contributed by atoms with E-state index in [9.17, 15) is 13.2 Å². The van der Waals surface area contributed by atoms with Crippen molar-refractivity contribution in [1.29, 1.82) is 0 Å². The molecule has 2 aromatic rings. The molecule has 1 amide bonds. The fraction of sp³-hybridized carbons (Fsp3) is 0.200. The second-order valence-electron chi connectivity index (χ2n) is 5.06. The van der Waals surface area contributed by atoms with Crippen LogP contribution in [-0.4, -0.2) is 31.6 Å². The van der Waals surface area contributed by atoms with Crippen LogP contribution in [0.4, 0.5) is 11.4 Å². The van der Waals surface area contributed by atoms with Gasteiger partial charge in [-0.05, 0) is 37.3 Å². The van der Waals surface area contributed by atoms with Gasteiger partial charge in [0, 0.05) is 11.2 Å². The highest BCUT2D eigenvalue weighted by atomic mass is 35.5. The minimum atomic E-state index is -3.78. The SMILES string of the molecule is CC(C(=O)Nc1cccnc1)N(c1cc(Cl)ccc1Cl)S(C)(=O)=O. The van der Waals surface area contributed by atoms with Crippen LogP contribution in [0.3, 0.4) is 0 Å². The van der Waals surface area contributed by atoms with Crippen molar-refractivity contribution in [3.63, 3.8) is 0 Å². The highest BCUT2D eigenvalue weighted by molar-refractivity contribution is 7.92. The molecule has 0 bridgehead atoms. The summed E-state index contributed by atoms with van der Waals surface area (Å²) < 4.78 is 25.4. The van der Waals surface area contributed by atoms with E-state index < -0.39 is 22.0 Å². The maximum Gasteiger partial charge on any atom is 0.248 e. The average Bonchev–Trinajstić information content (AvgIpc) is 2.50. The van der Waals surface area contributed by atoms with Crippen molar-refractivity contribution >= 4 is 50.5 Å². The predicted octanol–water partition coefficient (Wildman–Crippen LogP) is 3.18. The normalized spacial score (nSPS) is 12.5. The second kappa shape index (κ2) is 7.38. The molecule has 1 unspecified atom stereocenters. The molecule has 1 heterocycles. The molecule has 0 saturated carbocycles. The van der Waals surface area contributed by atoms with E-state index in [0.717, 1.165) is 10.6 Å². The number of pyridine rings is 1. The Bertz CT molecular complexity index is 844. The summed E-state index contributed by atoms with van der Waals surface area (Å²) >= 11 is 12.0. The molecule has 1 aromatic heterocycles. The topological polar surface area (TPSA) is 79.4 Å². The van der Waals surface area contributed by atoms with E-state index in [0.29, 0.717) is 10.7 Å². The summed E-state index contributed by atoms with van der Waals surface area (Å²) in [6, 6.07) is 6.67. The van der Waals surface area contributed by atoms with Crippen LogP contribution in [-0.2, 0) is 14.8 Å². The van der Waals surface area contributed by atoms with E-state index in [1.165, 1.54) is 31.3 Å². The molecule has 0 saturated heterocycles. The number of nitrogens with one attached hydrogen (secondary N) is 1. The summed E-state index contributed by atoms with van der Waals surface area (Å²) in [5.41, 5.74) is 0.598. The zero-order chi connectivity index (χ0) is 17.9. The minimum Gasteiger partial charge on any atom is -0.323 e. The number of hydrogen-bond acceptors (Lipinski definition) is 4. The summed E-state index contributed by atoms with van der Waals surface area (Å²) in [5.74, 6) is -0.524. The van der Waals surface area contributed by atoms with Gasteiger partial charge in [-0.3, -0.25) is 14.1 Å². The molecule has 128 valence electrons. The third-order valence-corrected chi connectivity index (χ3v) is 4.95. The number of halogens is 2. The van der Waals surface area contributed by atoms with Gasteiger partial charge in [0.1, 0.15) is 6.04 Å². The Balaban J connectivity index is 2.38. The van der Waals surface area contributed by atoms with E-state index >= 15 is 0 Å². The lowest BCUT2D eigenvalue weighted by Crippen LogP contribution is -2.45. The Morgan fingerprint density at radius 2 is 2.00 bits per heavy atom. The van der Waals surface area contributed by atoms with Crippen LogP contribution < -0.4 is 9.62 Å². The van der Waals surface area contributed by atoms with Crippen molar-refractivity contribution in [3.05, 3.63) is 52.8 Å². The van der Waals surface area contributed by atoms with Crippen molar-refractivity contribution in [2.24, 2.45) is 0 Å². The average molecular weight is 388 g/mol. The Hall–Kier alpha value is -1.83. The van der Waals surface area contributed by atoms with Gasteiger partial charge >= 0.3 is 0 Å². The van der Waals surface area contributed by atoms with Gasteiger partial charge in [0.15, 0.2) is 0 Å². The van der Waals surface area contributed by atoms with E-state index in [2.05, 4.69) is 10.3 Å². The Morgan fingerprint density at radius 1 is 1.29 bits per heavy atom. The summed E-state index contributed by atoms with van der Waals surface area (Å²) in [7, 11) is -3.78. The first-order valence-electron chi connectivity index (χ1n) is 6.85. The van der Waals surface area contributed by atoms with Gasteiger partial charge in [-0.15, -0.1) is 0 Å². The van der Waals surface area contributed by atoms with Gasteiger partial charge < -0.3 is 5.32 Å². The number of amides is 1. The van der Waals surface area contributed by atoms with Crippen LogP contribution in [0.5, 0.6) is 0 Å². The lowest BCUT2D eigenvalue weighted by Gasteiger charge is -2.29. The number of carbonyl (C=O) groups excluding carboxylic acids is 1. The monoisotopic (exact) mass is 387 g/mol. The highest BCUT2D eigenvalue weighted by Gasteiger charge is 2.30. The Kier molecular flexibility index (Phi) is 5.69.